The average molecular weight is 732 g/mol. The van der Waals surface area contributed by atoms with Crippen LogP contribution in [0, 0.1) is 39.5 Å². The number of methoxy groups -OCH3 is 2. The lowest BCUT2D eigenvalue weighted by molar-refractivity contribution is 0.0616. The number of aryl methyl sites for hydroxylation is 4. The van der Waals surface area contributed by atoms with Gasteiger partial charge in [0.05, 0.1) is 20.3 Å². The van der Waals surface area contributed by atoms with E-state index < -0.39 is 21.9 Å². The first-order valence-corrected chi connectivity index (χ1v) is 21.2. The lowest BCUT2D eigenvalue weighted by Gasteiger charge is -2.40. The van der Waals surface area contributed by atoms with Gasteiger partial charge in [-0.1, -0.05) is 84.9 Å². The molecule has 0 aliphatic heterocycles. The Morgan fingerprint density at radius 2 is 1.08 bits per heavy atom. The predicted molar refractivity (Wildman–Crippen MR) is 224 cm³/mol. The Bertz CT molecular complexity index is 1820. The monoisotopic (exact) mass is 731 g/mol. The van der Waals surface area contributed by atoms with Crippen LogP contribution in [0.25, 0.3) is 0 Å². The third-order valence-corrected chi connectivity index (χ3v) is 16.7. The van der Waals surface area contributed by atoms with Crippen LogP contribution in [0.4, 0.5) is 0 Å². The van der Waals surface area contributed by atoms with Crippen LogP contribution >= 0.6 is 15.8 Å². The fourth-order valence-electron chi connectivity index (χ4n) is 8.76. The highest BCUT2D eigenvalue weighted by molar-refractivity contribution is 7.80. The standard InChI is InChI=1S/C46H55NO3P2/c1-30-26-37(27-31(2)45(30)49-8)52(38-28-32(3)46(50-9)33(4)29-38)42-25-24-39(34(5)47(6)7)43(42)44(48)40-22-16-17-23-41(40)51(35-18-12-10-13-19-35)36-20-14-11-15-21-36/h10-23,26-29,34,39,42-44,48H,24-25H2,1-9H3. The maximum atomic E-state index is 13.2. The van der Waals surface area contributed by atoms with E-state index in [0.717, 1.165) is 52.2 Å². The van der Waals surface area contributed by atoms with Crippen molar-refractivity contribution in [2.75, 3.05) is 28.3 Å². The van der Waals surface area contributed by atoms with Gasteiger partial charge >= 0.3 is 0 Å². The molecule has 6 rings (SSSR count). The van der Waals surface area contributed by atoms with E-state index in [0.29, 0.717) is 12.0 Å². The smallest absolute Gasteiger partial charge is 0.124 e. The molecule has 0 spiro atoms. The van der Waals surface area contributed by atoms with Crippen LogP contribution in [-0.4, -0.2) is 50.0 Å². The fraction of sp³-hybridized carbons (Fsp3) is 0.348. The number of rotatable bonds is 12. The summed E-state index contributed by atoms with van der Waals surface area (Å²) in [5.41, 5.74) is 5.94. The predicted octanol–water partition coefficient (Wildman–Crippen LogP) is 8.21. The number of ether oxygens (including phenoxy) is 2. The minimum Gasteiger partial charge on any atom is -0.496 e. The molecule has 1 fully saturated rings. The third-order valence-electron chi connectivity index (χ3n) is 11.2. The van der Waals surface area contributed by atoms with Crippen LogP contribution in [-0.2, 0) is 0 Å². The summed E-state index contributed by atoms with van der Waals surface area (Å²) in [6.45, 7) is 11.0. The number of aliphatic hydroxyl groups excluding tert-OH is 1. The van der Waals surface area contributed by atoms with Gasteiger partial charge in [-0.2, -0.15) is 0 Å². The van der Waals surface area contributed by atoms with Crippen LogP contribution in [0.5, 0.6) is 11.5 Å². The SMILES string of the molecule is COc1c(C)cc(P(c2cc(C)c(OC)c(C)c2)C2CCC(C(C)N(C)C)C2C(O)c2ccccc2P(c2ccccc2)c2ccccc2)cc1C. The molecule has 1 aliphatic carbocycles. The van der Waals surface area contributed by atoms with E-state index in [1.54, 1.807) is 14.2 Å². The van der Waals surface area contributed by atoms with Crippen molar-refractivity contribution in [1.29, 1.82) is 0 Å². The Morgan fingerprint density at radius 1 is 0.635 bits per heavy atom. The molecular weight excluding hydrogens is 676 g/mol. The summed E-state index contributed by atoms with van der Waals surface area (Å²) in [5.74, 6) is 2.26. The molecule has 5 aromatic carbocycles. The lowest BCUT2D eigenvalue weighted by Crippen LogP contribution is -2.40. The molecule has 272 valence electrons. The van der Waals surface area contributed by atoms with Gasteiger partial charge in [0.2, 0.25) is 0 Å². The number of nitrogens with zero attached hydrogens (tertiary/aromatic N) is 1. The fourth-order valence-corrected chi connectivity index (χ4v) is 14.8. The van der Waals surface area contributed by atoms with Crippen molar-refractivity contribution >= 4 is 42.4 Å². The lowest BCUT2D eigenvalue weighted by atomic mass is 9.82. The topological polar surface area (TPSA) is 41.9 Å². The van der Waals surface area contributed by atoms with Crippen LogP contribution in [0.15, 0.2) is 109 Å². The highest BCUT2D eigenvalue weighted by atomic mass is 31.1. The van der Waals surface area contributed by atoms with Gasteiger partial charge in [-0.25, -0.2) is 0 Å². The highest BCUT2D eigenvalue weighted by Crippen LogP contribution is 2.57. The molecule has 5 atom stereocenters. The highest BCUT2D eigenvalue weighted by Gasteiger charge is 2.48. The van der Waals surface area contributed by atoms with Crippen molar-refractivity contribution in [2.45, 2.75) is 65.3 Å². The maximum absolute atomic E-state index is 13.2. The Morgan fingerprint density at radius 3 is 1.52 bits per heavy atom. The van der Waals surface area contributed by atoms with Crippen molar-refractivity contribution in [3.63, 3.8) is 0 Å². The zero-order valence-corrected chi connectivity index (χ0v) is 34.1. The summed E-state index contributed by atoms with van der Waals surface area (Å²) in [6.07, 6.45) is 1.49. The molecular formula is C46H55NO3P2. The van der Waals surface area contributed by atoms with Gasteiger partial charge in [0.25, 0.3) is 0 Å². The summed E-state index contributed by atoms with van der Waals surface area (Å²) >= 11 is 0. The molecule has 4 nitrogen and oxygen atoms in total. The van der Waals surface area contributed by atoms with E-state index in [1.165, 1.54) is 26.5 Å². The molecule has 5 aromatic rings. The second-order valence-corrected chi connectivity index (χ2v) is 19.3. The number of aliphatic hydroxyl groups is 1. The number of hydrogen-bond donors (Lipinski definition) is 1. The summed E-state index contributed by atoms with van der Waals surface area (Å²) in [7, 11) is 6.13. The number of benzene rings is 5. The zero-order chi connectivity index (χ0) is 37.1. The van der Waals surface area contributed by atoms with Gasteiger partial charge in [0.15, 0.2) is 0 Å². The van der Waals surface area contributed by atoms with Crippen molar-refractivity contribution in [3.05, 3.63) is 137 Å². The molecule has 0 aromatic heterocycles. The average Bonchev–Trinajstić information content (AvgIpc) is 3.56. The molecule has 1 N–H and O–H groups in total. The van der Waals surface area contributed by atoms with Gasteiger partial charge in [0.1, 0.15) is 11.5 Å². The van der Waals surface area contributed by atoms with Crippen LogP contribution in [0.3, 0.4) is 0 Å². The molecule has 0 saturated heterocycles. The normalized spacial score (nSPS) is 18.6. The van der Waals surface area contributed by atoms with Crippen molar-refractivity contribution in [1.82, 2.24) is 4.90 Å². The minimum absolute atomic E-state index is 0.0403. The van der Waals surface area contributed by atoms with Crippen LogP contribution in [0.2, 0.25) is 0 Å². The van der Waals surface area contributed by atoms with Gasteiger partial charge in [0, 0.05) is 12.0 Å². The van der Waals surface area contributed by atoms with Gasteiger partial charge in [-0.15, -0.1) is 0 Å². The van der Waals surface area contributed by atoms with Gasteiger partial charge < -0.3 is 19.5 Å². The second-order valence-electron chi connectivity index (χ2n) is 14.7. The molecule has 6 heteroatoms. The number of hydrogen-bond acceptors (Lipinski definition) is 4. The zero-order valence-electron chi connectivity index (χ0n) is 32.3. The van der Waals surface area contributed by atoms with Crippen molar-refractivity contribution in [2.24, 2.45) is 11.8 Å². The van der Waals surface area contributed by atoms with E-state index in [4.69, 9.17) is 9.47 Å². The molecule has 52 heavy (non-hydrogen) atoms. The van der Waals surface area contributed by atoms with E-state index in [9.17, 15) is 5.11 Å². The largest absolute Gasteiger partial charge is 0.496 e. The van der Waals surface area contributed by atoms with Crippen LogP contribution in [0.1, 0.15) is 53.7 Å². The Labute approximate surface area is 314 Å². The van der Waals surface area contributed by atoms with Crippen molar-refractivity contribution in [3.8, 4) is 11.5 Å². The van der Waals surface area contributed by atoms with E-state index in [2.05, 4.69) is 163 Å². The third kappa shape index (κ3) is 7.60. The summed E-state index contributed by atoms with van der Waals surface area (Å²) < 4.78 is 11.7. The molecule has 0 radical (unpaired) electrons. The first-order valence-electron chi connectivity index (χ1n) is 18.5. The molecule has 0 bridgehead atoms. The first kappa shape index (κ1) is 38.2. The summed E-state index contributed by atoms with van der Waals surface area (Å²) in [4.78, 5) is 2.35. The van der Waals surface area contributed by atoms with E-state index in [-0.39, 0.29) is 11.6 Å². The van der Waals surface area contributed by atoms with E-state index in [1.807, 2.05) is 0 Å². The second kappa shape index (κ2) is 16.7. The van der Waals surface area contributed by atoms with Gasteiger partial charge in [-0.3, -0.25) is 0 Å². The minimum atomic E-state index is -0.894. The molecule has 1 aliphatic rings. The Hall–Kier alpha value is -3.52. The quantitative estimate of drug-likeness (QED) is 0.132. The molecule has 1 saturated carbocycles. The summed E-state index contributed by atoms with van der Waals surface area (Å²) in [6, 6.07) is 40.2. The first-order chi connectivity index (χ1) is 25.0. The molecule has 0 heterocycles. The summed E-state index contributed by atoms with van der Waals surface area (Å²) in [5, 5.41) is 19.7. The Kier molecular flexibility index (Phi) is 12.2. The molecule has 0 amide bonds. The Balaban J connectivity index is 1.56. The van der Waals surface area contributed by atoms with Gasteiger partial charge in [-0.05, 0) is 168 Å². The maximum Gasteiger partial charge on any atom is 0.124 e. The molecule has 5 unspecified atom stereocenters. The van der Waals surface area contributed by atoms with Crippen molar-refractivity contribution < 1.29 is 14.6 Å². The van der Waals surface area contributed by atoms with Crippen LogP contribution < -0.4 is 36.0 Å². The van der Waals surface area contributed by atoms with E-state index >= 15 is 0 Å².